The number of nitrogens with two attached hydrogens (primary N) is 1. The van der Waals surface area contributed by atoms with Gasteiger partial charge in [0.2, 0.25) is 11.8 Å². The monoisotopic (exact) mass is 385 g/mol. The number of nitrogens with zero attached hydrogens (tertiary/aromatic N) is 1. The minimum atomic E-state index is -1.13. The van der Waals surface area contributed by atoms with Crippen LogP contribution in [0.15, 0.2) is 12.5 Å². The lowest BCUT2D eigenvalue weighted by Gasteiger charge is -2.24. The molecule has 0 bridgehead atoms. The van der Waals surface area contributed by atoms with E-state index in [9.17, 15) is 19.5 Å². The minimum Gasteiger partial charge on any atom is -0.480 e. The summed E-state index contributed by atoms with van der Waals surface area (Å²) < 4.78 is 0. The van der Waals surface area contributed by atoms with Gasteiger partial charge in [-0.15, -0.1) is 0 Å². The summed E-state index contributed by atoms with van der Waals surface area (Å²) in [6, 6.07) is -2.74. The van der Waals surface area contributed by atoms with E-state index in [4.69, 9.17) is 5.73 Å². The first-order valence-electron chi connectivity index (χ1n) is 8.31. The molecule has 3 atom stereocenters. The largest absolute Gasteiger partial charge is 0.480 e. The molecule has 0 saturated heterocycles. The van der Waals surface area contributed by atoms with Gasteiger partial charge in [-0.1, -0.05) is 13.8 Å². The van der Waals surface area contributed by atoms with E-state index in [2.05, 4.69) is 20.6 Å². The van der Waals surface area contributed by atoms with Gasteiger partial charge in [-0.25, -0.2) is 9.78 Å². The van der Waals surface area contributed by atoms with Crippen LogP contribution >= 0.6 is 11.8 Å². The van der Waals surface area contributed by atoms with Crippen LogP contribution in [0.3, 0.4) is 0 Å². The maximum Gasteiger partial charge on any atom is 0.326 e. The van der Waals surface area contributed by atoms with Crippen molar-refractivity contribution in [3.63, 3.8) is 0 Å². The molecule has 6 N–H and O–H groups in total. The van der Waals surface area contributed by atoms with Crippen molar-refractivity contribution in [1.29, 1.82) is 0 Å². The van der Waals surface area contributed by atoms with Crippen molar-refractivity contribution in [3.05, 3.63) is 18.2 Å². The molecule has 1 aromatic rings. The first-order valence-corrected chi connectivity index (χ1v) is 9.71. The summed E-state index contributed by atoms with van der Waals surface area (Å²) in [5.74, 6) is -1.73. The third kappa shape index (κ3) is 7.04. The van der Waals surface area contributed by atoms with Gasteiger partial charge in [0.1, 0.15) is 12.1 Å². The van der Waals surface area contributed by atoms with Crippen LogP contribution in [0, 0.1) is 5.92 Å². The minimum absolute atomic E-state index is 0.150. The molecule has 0 unspecified atom stereocenters. The smallest absolute Gasteiger partial charge is 0.326 e. The van der Waals surface area contributed by atoms with Gasteiger partial charge in [0, 0.05) is 18.3 Å². The fraction of sp³-hybridized carbons (Fsp3) is 0.625. The lowest BCUT2D eigenvalue weighted by atomic mass is 10.0. The van der Waals surface area contributed by atoms with E-state index in [-0.39, 0.29) is 12.3 Å². The second-order valence-corrected chi connectivity index (χ2v) is 7.28. The van der Waals surface area contributed by atoms with Gasteiger partial charge in [0.15, 0.2) is 0 Å². The average Bonchev–Trinajstić information content (AvgIpc) is 3.08. The highest BCUT2D eigenvalue weighted by Crippen LogP contribution is 2.06. The maximum absolute atomic E-state index is 12.6. The second-order valence-electron chi connectivity index (χ2n) is 6.30. The van der Waals surface area contributed by atoms with Crippen LogP contribution in [0.4, 0.5) is 0 Å². The molecule has 0 spiro atoms. The van der Waals surface area contributed by atoms with E-state index in [0.717, 1.165) is 5.75 Å². The first kappa shape index (κ1) is 22.0. The third-order valence-corrected chi connectivity index (χ3v) is 4.46. The quantitative estimate of drug-likeness (QED) is 0.352. The summed E-state index contributed by atoms with van der Waals surface area (Å²) in [5, 5.41) is 14.4. The number of rotatable bonds is 11. The fourth-order valence-electron chi connectivity index (χ4n) is 2.25. The molecule has 0 aliphatic rings. The summed E-state index contributed by atoms with van der Waals surface area (Å²) in [4.78, 5) is 42.9. The average molecular weight is 385 g/mol. The second kappa shape index (κ2) is 10.8. The Bertz CT molecular complexity index is 593. The van der Waals surface area contributed by atoms with Crippen LogP contribution in [0.5, 0.6) is 0 Å². The highest BCUT2D eigenvalue weighted by Gasteiger charge is 2.29. The van der Waals surface area contributed by atoms with Crippen LogP contribution in [-0.4, -0.2) is 63.0 Å². The van der Waals surface area contributed by atoms with Gasteiger partial charge in [0.25, 0.3) is 0 Å². The Kier molecular flexibility index (Phi) is 9.14. The molecule has 2 amide bonds. The Labute approximate surface area is 156 Å². The Morgan fingerprint density at radius 3 is 2.50 bits per heavy atom. The number of hydrogen-bond donors (Lipinski definition) is 5. The molecule has 1 aromatic heterocycles. The van der Waals surface area contributed by atoms with Crippen molar-refractivity contribution < 1.29 is 19.5 Å². The summed E-state index contributed by atoms with van der Waals surface area (Å²) in [5.41, 5.74) is 6.49. The summed E-state index contributed by atoms with van der Waals surface area (Å²) in [6.07, 6.45) is 5.55. The van der Waals surface area contributed by atoms with Crippen molar-refractivity contribution >= 4 is 29.5 Å². The molecule has 146 valence electrons. The van der Waals surface area contributed by atoms with Crippen LogP contribution in [0.1, 0.15) is 26.0 Å². The number of carboxylic acid groups (broad SMARTS) is 1. The Balaban J connectivity index is 2.85. The molecule has 0 aliphatic heterocycles. The summed E-state index contributed by atoms with van der Waals surface area (Å²) >= 11 is 1.57. The number of aromatic amines is 1. The molecule has 1 heterocycles. The lowest BCUT2D eigenvalue weighted by molar-refractivity contribution is -0.143. The van der Waals surface area contributed by atoms with Crippen LogP contribution in [-0.2, 0) is 20.8 Å². The van der Waals surface area contributed by atoms with Crippen molar-refractivity contribution in [2.24, 2.45) is 11.7 Å². The topological polar surface area (TPSA) is 150 Å². The van der Waals surface area contributed by atoms with E-state index in [1.54, 1.807) is 25.6 Å². The molecule has 0 fully saturated rings. The molecule has 10 heteroatoms. The predicted molar refractivity (Wildman–Crippen MR) is 99.6 cm³/mol. The summed E-state index contributed by atoms with van der Waals surface area (Å²) in [6.45, 7) is 3.39. The first-order chi connectivity index (χ1) is 12.3. The van der Waals surface area contributed by atoms with Crippen molar-refractivity contribution in [2.75, 3.05) is 12.0 Å². The molecule has 9 nitrogen and oxygen atoms in total. The molecule has 0 radical (unpaired) electrons. The Hall–Kier alpha value is -2.07. The van der Waals surface area contributed by atoms with E-state index in [1.807, 2.05) is 6.26 Å². The normalized spacial score (nSPS) is 14.5. The number of carbonyl (C=O) groups is 3. The maximum atomic E-state index is 12.6. The number of carbonyl (C=O) groups excluding carboxylic acids is 2. The van der Waals surface area contributed by atoms with E-state index < -0.39 is 35.9 Å². The number of imidazole rings is 1. The van der Waals surface area contributed by atoms with Gasteiger partial charge in [-0.05, 0) is 24.3 Å². The van der Waals surface area contributed by atoms with Gasteiger partial charge in [0.05, 0.1) is 12.4 Å². The number of aliphatic carboxylic acids is 1. The zero-order chi connectivity index (χ0) is 19.7. The molecular weight excluding hydrogens is 358 g/mol. The number of nitrogens with one attached hydrogen (secondary N) is 3. The van der Waals surface area contributed by atoms with Gasteiger partial charge < -0.3 is 26.5 Å². The van der Waals surface area contributed by atoms with Crippen LogP contribution in [0.25, 0.3) is 0 Å². The van der Waals surface area contributed by atoms with Crippen LogP contribution in [0.2, 0.25) is 0 Å². The zero-order valence-corrected chi connectivity index (χ0v) is 16.0. The summed E-state index contributed by atoms with van der Waals surface area (Å²) in [7, 11) is 0. The number of H-pyrrole nitrogens is 1. The number of hydrogen-bond acceptors (Lipinski definition) is 6. The molecule has 0 aromatic carbocycles. The zero-order valence-electron chi connectivity index (χ0n) is 15.2. The Morgan fingerprint density at radius 2 is 2.00 bits per heavy atom. The van der Waals surface area contributed by atoms with Crippen molar-refractivity contribution in [3.8, 4) is 0 Å². The standard InChI is InChI=1S/C16H27N5O4S/c1-9(2)13(16(24)25)21-15(23)12(6-10-7-18-8-19-10)20-14(22)11(17)4-5-26-3/h7-9,11-13H,4-6,17H2,1-3H3,(H,18,19)(H,20,22)(H,21,23)(H,24,25)/t11-,12-,13-/m0/s1. The lowest BCUT2D eigenvalue weighted by Crippen LogP contribution is -2.56. The van der Waals surface area contributed by atoms with Crippen molar-refractivity contribution in [2.45, 2.75) is 44.8 Å². The number of aromatic nitrogens is 2. The number of amides is 2. The van der Waals surface area contributed by atoms with Gasteiger partial charge in [-0.2, -0.15) is 11.8 Å². The number of thioether (sulfide) groups is 1. The number of carboxylic acids is 1. The molecule has 0 saturated carbocycles. The van der Waals surface area contributed by atoms with Gasteiger partial charge in [-0.3, -0.25) is 9.59 Å². The van der Waals surface area contributed by atoms with E-state index >= 15 is 0 Å². The van der Waals surface area contributed by atoms with E-state index in [1.165, 1.54) is 12.5 Å². The molecule has 1 rings (SSSR count). The predicted octanol–water partition coefficient (Wildman–Crippen LogP) is -0.257. The Morgan fingerprint density at radius 1 is 1.31 bits per heavy atom. The van der Waals surface area contributed by atoms with Crippen LogP contribution < -0.4 is 16.4 Å². The van der Waals surface area contributed by atoms with Crippen molar-refractivity contribution in [1.82, 2.24) is 20.6 Å². The molecular formula is C16H27N5O4S. The highest BCUT2D eigenvalue weighted by atomic mass is 32.2. The van der Waals surface area contributed by atoms with Gasteiger partial charge >= 0.3 is 5.97 Å². The molecule has 0 aliphatic carbocycles. The SMILES string of the molecule is CSCC[C@H](N)C(=O)N[C@@H](Cc1cnc[nH]1)C(=O)N[C@H](C(=O)O)C(C)C. The van der Waals surface area contributed by atoms with E-state index in [0.29, 0.717) is 12.1 Å². The fourth-order valence-corrected chi connectivity index (χ4v) is 2.74. The molecule has 26 heavy (non-hydrogen) atoms. The highest BCUT2D eigenvalue weighted by molar-refractivity contribution is 7.98. The third-order valence-electron chi connectivity index (χ3n) is 3.81.